The largest absolute Gasteiger partial charge is 0.352 e. The van der Waals surface area contributed by atoms with Crippen LogP contribution < -0.4 is 10.0 Å². The second-order valence-corrected chi connectivity index (χ2v) is 8.61. The summed E-state index contributed by atoms with van der Waals surface area (Å²) in [5.74, 6) is 0.143. The first-order valence-corrected chi connectivity index (χ1v) is 10.2. The SMILES string of the molecule is Cc1ccc(NS(=O)(=O)c2cc(C(=O)NCCC(C)C)ccc2Cl)cc1. The predicted octanol–water partition coefficient (Wildman–Crippen LogP) is 4.23. The molecule has 0 aromatic heterocycles. The number of carbonyl (C=O) groups is 1. The van der Waals surface area contributed by atoms with Gasteiger partial charge in [-0.2, -0.15) is 0 Å². The minimum absolute atomic E-state index is 0.0587. The van der Waals surface area contributed by atoms with Crippen molar-refractivity contribution in [2.75, 3.05) is 11.3 Å². The molecule has 2 aromatic carbocycles. The molecule has 0 spiro atoms. The fourth-order valence-corrected chi connectivity index (χ4v) is 3.84. The van der Waals surface area contributed by atoms with Crippen molar-refractivity contribution in [1.82, 2.24) is 5.32 Å². The zero-order chi connectivity index (χ0) is 19.3. The normalized spacial score (nSPS) is 11.4. The third-order valence-electron chi connectivity index (χ3n) is 3.79. The van der Waals surface area contributed by atoms with Gasteiger partial charge in [0.15, 0.2) is 0 Å². The molecule has 2 aromatic rings. The van der Waals surface area contributed by atoms with E-state index in [9.17, 15) is 13.2 Å². The number of benzene rings is 2. The molecule has 26 heavy (non-hydrogen) atoms. The quantitative estimate of drug-likeness (QED) is 0.738. The maximum atomic E-state index is 12.7. The number of rotatable bonds is 7. The van der Waals surface area contributed by atoms with Gasteiger partial charge >= 0.3 is 0 Å². The molecular formula is C19H23ClN2O3S. The highest BCUT2D eigenvalue weighted by atomic mass is 35.5. The Balaban J connectivity index is 2.22. The molecule has 0 aliphatic rings. The van der Waals surface area contributed by atoms with Gasteiger partial charge in [-0.05, 0) is 49.6 Å². The molecule has 2 N–H and O–H groups in total. The van der Waals surface area contributed by atoms with Gasteiger partial charge in [0.25, 0.3) is 15.9 Å². The van der Waals surface area contributed by atoms with E-state index in [1.807, 2.05) is 6.92 Å². The summed E-state index contributed by atoms with van der Waals surface area (Å²) in [5, 5.41) is 2.85. The van der Waals surface area contributed by atoms with Crippen molar-refractivity contribution in [2.24, 2.45) is 5.92 Å². The zero-order valence-corrected chi connectivity index (χ0v) is 16.6. The summed E-state index contributed by atoms with van der Waals surface area (Å²) in [6.45, 7) is 6.57. The van der Waals surface area contributed by atoms with E-state index in [1.165, 1.54) is 18.2 Å². The highest BCUT2D eigenvalue weighted by molar-refractivity contribution is 7.92. The topological polar surface area (TPSA) is 75.3 Å². The Morgan fingerprint density at radius 2 is 1.77 bits per heavy atom. The van der Waals surface area contributed by atoms with Crippen LogP contribution in [0.15, 0.2) is 47.4 Å². The minimum atomic E-state index is -3.91. The van der Waals surface area contributed by atoms with Gasteiger partial charge in [-0.3, -0.25) is 9.52 Å². The lowest BCUT2D eigenvalue weighted by molar-refractivity contribution is 0.0952. The highest BCUT2D eigenvalue weighted by Gasteiger charge is 2.20. The van der Waals surface area contributed by atoms with Crippen LogP contribution in [0.4, 0.5) is 5.69 Å². The molecule has 2 rings (SSSR count). The summed E-state index contributed by atoms with van der Waals surface area (Å²) in [6, 6.07) is 11.2. The van der Waals surface area contributed by atoms with E-state index in [4.69, 9.17) is 11.6 Å². The number of amides is 1. The van der Waals surface area contributed by atoms with Crippen LogP contribution in [0.25, 0.3) is 0 Å². The second kappa shape index (κ2) is 8.56. The summed E-state index contributed by atoms with van der Waals surface area (Å²) < 4.78 is 27.8. The number of nitrogens with one attached hydrogen (secondary N) is 2. The monoisotopic (exact) mass is 394 g/mol. The lowest BCUT2D eigenvalue weighted by Gasteiger charge is -2.12. The summed E-state index contributed by atoms with van der Waals surface area (Å²) >= 11 is 6.07. The van der Waals surface area contributed by atoms with E-state index in [0.29, 0.717) is 18.2 Å². The minimum Gasteiger partial charge on any atom is -0.352 e. The molecular weight excluding hydrogens is 372 g/mol. The van der Waals surface area contributed by atoms with Gasteiger partial charge < -0.3 is 5.32 Å². The summed E-state index contributed by atoms with van der Waals surface area (Å²) in [5.41, 5.74) is 1.70. The van der Waals surface area contributed by atoms with Gasteiger partial charge in [-0.1, -0.05) is 43.1 Å². The van der Waals surface area contributed by atoms with Crippen molar-refractivity contribution in [3.05, 3.63) is 58.6 Å². The van der Waals surface area contributed by atoms with Gasteiger partial charge in [0.1, 0.15) is 4.90 Å². The Morgan fingerprint density at radius 3 is 2.38 bits per heavy atom. The first-order chi connectivity index (χ1) is 12.2. The molecule has 0 bridgehead atoms. The van der Waals surface area contributed by atoms with Crippen molar-refractivity contribution >= 4 is 33.2 Å². The maximum absolute atomic E-state index is 12.7. The van der Waals surface area contributed by atoms with E-state index in [-0.39, 0.29) is 21.4 Å². The van der Waals surface area contributed by atoms with Crippen LogP contribution >= 0.6 is 11.6 Å². The van der Waals surface area contributed by atoms with E-state index in [0.717, 1.165) is 12.0 Å². The van der Waals surface area contributed by atoms with Gasteiger partial charge in [0.05, 0.1) is 5.02 Å². The first-order valence-electron chi connectivity index (χ1n) is 8.36. The van der Waals surface area contributed by atoms with Crippen molar-refractivity contribution in [3.63, 3.8) is 0 Å². The molecule has 0 radical (unpaired) electrons. The number of hydrogen-bond donors (Lipinski definition) is 2. The van der Waals surface area contributed by atoms with E-state index >= 15 is 0 Å². The van der Waals surface area contributed by atoms with Gasteiger partial charge in [-0.15, -0.1) is 0 Å². The lowest BCUT2D eigenvalue weighted by Crippen LogP contribution is -2.25. The van der Waals surface area contributed by atoms with Crippen LogP contribution in [0.2, 0.25) is 5.02 Å². The van der Waals surface area contributed by atoms with Crippen molar-refractivity contribution in [2.45, 2.75) is 32.1 Å². The number of hydrogen-bond acceptors (Lipinski definition) is 3. The third kappa shape index (κ3) is 5.47. The van der Waals surface area contributed by atoms with E-state index in [2.05, 4.69) is 23.9 Å². The maximum Gasteiger partial charge on any atom is 0.263 e. The van der Waals surface area contributed by atoms with Crippen LogP contribution in [0.3, 0.4) is 0 Å². The molecule has 0 unspecified atom stereocenters. The third-order valence-corrected chi connectivity index (χ3v) is 5.66. The predicted molar refractivity (Wildman–Crippen MR) is 105 cm³/mol. The van der Waals surface area contributed by atoms with Crippen LogP contribution in [0, 0.1) is 12.8 Å². The Morgan fingerprint density at radius 1 is 1.12 bits per heavy atom. The molecule has 140 valence electrons. The van der Waals surface area contributed by atoms with Gasteiger partial charge in [0, 0.05) is 17.8 Å². The summed E-state index contributed by atoms with van der Waals surface area (Å²) in [4.78, 5) is 12.1. The molecule has 0 aliphatic heterocycles. The van der Waals surface area contributed by atoms with E-state index < -0.39 is 10.0 Å². The smallest absolute Gasteiger partial charge is 0.263 e. The van der Waals surface area contributed by atoms with Crippen molar-refractivity contribution < 1.29 is 13.2 Å². The Kier molecular flexibility index (Phi) is 6.67. The molecule has 0 saturated carbocycles. The van der Waals surface area contributed by atoms with Crippen LogP contribution in [-0.2, 0) is 10.0 Å². The van der Waals surface area contributed by atoms with Crippen LogP contribution in [0.1, 0.15) is 36.2 Å². The van der Waals surface area contributed by atoms with Gasteiger partial charge in [0.2, 0.25) is 0 Å². The van der Waals surface area contributed by atoms with Gasteiger partial charge in [-0.25, -0.2) is 8.42 Å². The zero-order valence-electron chi connectivity index (χ0n) is 15.0. The van der Waals surface area contributed by atoms with Crippen LogP contribution in [-0.4, -0.2) is 20.9 Å². The molecule has 0 saturated heterocycles. The highest BCUT2D eigenvalue weighted by Crippen LogP contribution is 2.25. The molecule has 0 aliphatic carbocycles. The molecule has 0 fully saturated rings. The Bertz CT molecular complexity index is 878. The molecule has 5 nitrogen and oxygen atoms in total. The number of aryl methyl sites for hydroxylation is 1. The first kappa shape index (κ1) is 20.3. The fraction of sp³-hybridized carbons (Fsp3) is 0.316. The molecule has 7 heteroatoms. The number of anilines is 1. The van der Waals surface area contributed by atoms with Crippen molar-refractivity contribution in [3.8, 4) is 0 Å². The summed E-state index contributed by atoms with van der Waals surface area (Å²) in [7, 11) is -3.91. The lowest BCUT2D eigenvalue weighted by atomic mass is 10.1. The molecule has 0 heterocycles. The summed E-state index contributed by atoms with van der Waals surface area (Å²) in [6.07, 6.45) is 0.847. The van der Waals surface area contributed by atoms with Crippen molar-refractivity contribution in [1.29, 1.82) is 0 Å². The number of halogens is 1. The van der Waals surface area contributed by atoms with E-state index in [1.54, 1.807) is 24.3 Å². The standard InChI is InChI=1S/C19H23ClN2O3S/c1-13(2)10-11-21-19(23)15-6-9-17(20)18(12-15)26(24,25)22-16-7-4-14(3)5-8-16/h4-9,12-13,22H,10-11H2,1-3H3,(H,21,23). The average molecular weight is 395 g/mol. The Hall–Kier alpha value is -2.05. The fourth-order valence-electron chi connectivity index (χ4n) is 2.26. The van der Waals surface area contributed by atoms with Crippen LogP contribution in [0.5, 0.6) is 0 Å². The average Bonchev–Trinajstić information content (AvgIpc) is 2.56. The number of carbonyl (C=O) groups excluding carboxylic acids is 1. The molecule has 1 amide bonds. The molecule has 0 atom stereocenters. The second-order valence-electron chi connectivity index (χ2n) is 6.56. The Labute approximate surface area is 159 Å². The number of sulfonamides is 1.